The molecule has 1 saturated carbocycles. The zero-order valence-corrected chi connectivity index (χ0v) is 12.5. The van der Waals surface area contributed by atoms with Crippen LogP contribution >= 0.6 is 0 Å². The number of hydrogen-bond acceptors (Lipinski definition) is 4. The van der Waals surface area contributed by atoms with Crippen LogP contribution in [0.4, 0.5) is 16.2 Å². The van der Waals surface area contributed by atoms with E-state index in [0.29, 0.717) is 18.2 Å². The first-order chi connectivity index (χ1) is 11.0. The van der Waals surface area contributed by atoms with Crippen LogP contribution in [0.5, 0.6) is 0 Å². The van der Waals surface area contributed by atoms with E-state index in [0.717, 1.165) is 30.5 Å². The molecule has 1 aromatic rings. The van der Waals surface area contributed by atoms with Crippen LogP contribution in [-0.4, -0.2) is 36.6 Å². The van der Waals surface area contributed by atoms with E-state index in [-0.39, 0.29) is 12.5 Å². The number of anilines is 2. The number of fused-ring (bicyclic) bond motifs is 1. The van der Waals surface area contributed by atoms with Crippen LogP contribution in [0.1, 0.15) is 24.8 Å². The van der Waals surface area contributed by atoms with Crippen molar-refractivity contribution in [1.29, 1.82) is 0 Å². The highest BCUT2D eigenvalue weighted by Crippen LogP contribution is 2.39. The molecular weight excluding hydrogens is 298 g/mol. The van der Waals surface area contributed by atoms with Gasteiger partial charge < -0.3 is 15.4 Å². The molecule has 1 aliphatic carbocycles. The Morgan fingerprint density at radius 2 is 2.04 bits per heavy atom. The van der Waals surface area contributed by atoms with Gasteiger partial charge in [0.1, 0.15) is 0 Å². The van der Waals surface area contributed by atoms with E-state index in [9.17, 15) is 14.4 Å². The number of amides is 3. The molecule has 3 amide bonds. The zero-order valence-electron chi connectivity index (χ0n) is 12.5. The van der Waals surface area contributed by atoms with Gasteiger partial charge in [0.05, 0.1) is 13.0 Å². The average Bonchev–Trinajstić information content (AvgIpc) is 2.98. The van der Waals surface area contributed by atoms with E-state index >= 15 is 0 Å². The number of nitrogens with zero attached hydrogens (tertiary/aromatic N) is 2. The van der Waals surface area contributed by atoms with E-state index < -0.39 is 18.1 Å². The molecule has 4 rings (SSSR count). The van der Waals surface area contributed by atoms with E-state index in [1.54, 1.807) is 6.07 Å². The molecule has 0 aromatic heterocycles. The Labute approximate surface area is 133 Å². The summed E-state index contributed by atoms with van der Waals surface area (Å²) in [5.41, 5.74) is 7.66. The first-order valence-electron chi connectivity index (χ1n) is 7.77. The summed E-state index contributed by atoms with van der Waals surface area (Å²) in [6.07, 6.45) is 2.09. The minimum Gasteiger partial charge on any atom is -0.434 e. The molecular formula is C16H17N3O4. The molecule has 23 heavy (non-hydrogen) atoms. The number of benzene rings is 1. The molecule has 0 spiro atoms. The SMILES string of the molecule is NC(=O)C1CN(c2ccc3c(c2)CC(=O)N3C2CCC2)C(=O)O1. The summed E-state index contributed by atoms with van der Waals surface area (Å²) in [6, 6.07) is 5.80. The van der Waals surface area contributed by atoms with Gasteiger partial charge >= 0.3 is 6.09 Å². The smallest absolute Gasteiger partial charge is 0.415 e. The fourth-order valence-corrected chi connectivity index (χ4v) is 3.37. The summed E-state index contributed by atoms with van der Waals surface area (Å²) < 4.78 is 4.95. The van der Waals surface area contributed by atoms with E-state index in [1.807, 2.05) is 17.0 Å². The van der Waals surface area contributed by atoms with Crippen molar-refractivity contribution in [1.82, 2.24) is 0 Å². The van der Waals surface area contributed by atoms with Gasteiger partial charge in [0.15, 0.2) is 6.10 Å². The van der Waals surface area contributed by atoms with Crippen LogP contribution < -0.4 is 15.5 Å². The molecule has 1 atom stereocenters. The van der Waals surface area contributed by atoms with Gasteiger partial charge in [-0.1, -0.05) is 0 Å². The molecule has 120 valence electrons. The van der Waals surface area contributed by atoms with Crippen LogP contribution in [-0.2, 0) is 20.7 Å². The van der Waals surface area contributed by atoms with Crippen LogP contribution in [0.25, 0.3) is 0 Å². The number of nitrogens with two attached hydrogens (primary N) is 1. The maximum atomic E-state index is 12.3. The maximum absolute atomic E-state index is 12.3. The Kier molecular flexibility index (Phi) is 3.04. The summed E-state index contributed by atoms with van der Waals surface area (Å²) >= 11 is 0. The Morgan fingerprint density at radius 1 is 1.26 bits per heavy atom. The monoisotopic (exact) mass is 315 g/mol. The van der Waals surface area contributed by atoms with Crippen molar-refractivity contribution in [3.63, 3.8) is 0 Å². The summed E-state index contributed by atoms with van der Waals surface area (Å²) in [5, 5.41) is 0. The largest absolute Gasteiger partial charge is 0.434 e. The minimum atomic E-state index is -0.927. The third kappa shape index (κ3) is 2.15. The van der Waals surface area contributed by atoms with Crippen molar-refractivity contribution in [2.75, 3.05) is 16.3 Å². The Morgan fingerprint density at radius 3 is 2.65 bits per heavy atom. The summed E-state index contributed by atoms with van der Waals surface area (Å²) in [4.78, 5) is 38.6. The molecule has 2 N–H and O–H groups in total. The minimum absolute atomic E-state index is 0.104. The van der Waals surface area contributed by atoms with Crippen molar-refractivity contribution >= 4 is 29.3 Å². The number of cyclic esters (lactones) is 1. The summed E-state index contributed by atoms with van der Waals surface area (Å²) in [6.45, 7) is 0.104. The van der Waals surface area contributed by atoms with Gasteiger partial charge in [0.2, 0.25) is 5.91 Å². The van der Waals surface area contributed by atoms with Crippen molar-refractivity contribution in [2.24, 2.45) is 5.73 Å². The molecule has 2 heterocycles. The normalized spacial score (nSPS) is 23.7. The first-order valence-corrected chi connectivity index (χ1v) is 7.77. The predicted molar refractivity (Wildman–Crippen MR) is 82.1 cm³/mol. The fraction of sp³-hybridized carbons (Fsp3) is 0.438. The number of hydrogen-bond donors (Lipinski definition) is 1. The highest BCUT2D eigenvalue weighted by molar-refractivity contribution is 6.03. The lowest BCUT2D eigenvalue weighted by Gasteiger charge is -2.35. The lowest BCUT2D eigenvalue weighted by Crippen LogP contribution is -2.42. The van der Waals surface area contributed by atoms with Crippen molar-refractivity contribution in [2.45, 2.75) is 37.8 Å². The highest BCUT2D eigenvalue weighted by atomic mass is 16.6. The molecule has 2 fully saturated rings. The number of carbonyl (C=O) groups is 3. The third-order valence-corrected chi connectivity index (χ3v) is 4.81. The predicted octanol–water partition coefficient (Wildman–Crippen LogP) is 0.939. The molecule has 1 unspecified atom stereocenters. The molecule has 1 saturated heterocycles. The third-order valence-electron chi connectivity index (χ3n) is 4.81. The second-order valence-electron chi connectivity index (χ2n) is 6.22. The zero-order chi connectivity index (χ0) is 16.1. The second kappa shape index (κ2) is 4.97. The van der Waals surface area contributed by atoms with Gasteiger partial charge in [-0.3, -0.25) is 14.5 Å². The molecule has 7 nitrogen and oxygen atoms in total. The molecule has 3 aliphatic rings. The van der Waals surface area contributed by atoms with Gasteiger partial charge in [0, 0.05) is 17.4 Å². The van der Waals surface area contributed by atoms with Gasteiger partial charge in [-0.2, -0.15) is 0 Å². The highest BCUT2D eigenvalue weighted by Gasteiger charge is 2.38. The van der Waals surface area contributed by atoms with Crippen molar-refractivity contribution in [3.05, 3.63) is 23.8 Å². The molecule has 2 aliphatic heterocycles. The van der Waals surface area contributed by atoms with Crippen molar-refractivity contribution in [3.8, 4) is 0 Å². The number of carbonyl (C=O) groups excluding carboxylic acids is 3. The lowest BCUT2D eigenvalue weighted by atomic mass is 9.91. The van der Waals surface area contributed by atoms with Gasteiger partial charge in [-0.05, 0) is 43.0 Å². The fourth-order valence-electron chi connectivity index (χ4n) is 3.37. The molecule has 0 radical (unpaired) electrons. The van der Waals surface area contributed by atoms with Crippen LogP contribution in [0.2, 0.25) is 0 Å². The molecule has 7 heteroatoms. The van der Waals surface area contributed by atoms with Gasteiger partial charge in [-0.25, -0.2) is 4.79 Å². The van der Waals surface area contributed by atoms with Crippen LogP contribution in [0.15, 0.2) is 18.2 Å². The summed E-state index contributed by atoms with van der Waals surface area (Å²) in [7, 11) is 0. The topological polar surface area (TPSA) is 92.9 Å². The van der Waals surface area contributed by atoms with Crippen molar-refractivity contribution < 1.29 is 19.1 Å². The second-order valence-corrected chi connectivity index (χ2v) is 6.22. The average molecular weight is 315 g/mol. The lowest BCUT2D eigenvalue weighted by molar-refractivity contribution is -0.124. The molecule has 1 aromatic carbocycles. The Bertz CT molecular complexity index is 713. The standard InChI is InChI=1S/C16H17N3O4/c17-15(21)13-8-18(16(22)23-13)11-4-5-12-9(6-11)7-14(20)19(12)10-2-1-3-10/h4-6,10,13H,1-3,7-8H2,(H2,17,21). The number of primary amides is 1. The van der Waals surface area contributed by atoms with E-state index in [1.165, 1.54) is 4.90 Å². The maximum Gasteiger partial charge on any atom is 0.415 e. The number of rotatable bonds is 3. The van der Waals surface area contributed by atoms with Gasteiger partial charge in [0.25, 0.3) is 5.91 Å². The van der Waals surface area contributed by atoms with Crippen LogP contribution in [0, 0.1) is 0 Å². The van der Waals surface area contributed by atoms with E-state index in [2.05, 4.69) is 0 Å². The van der Waals surface area contributed by atoms with Gasteiger partial charge in [-0.15, -0.1) is 0 Å². The Balaban J connectivity index is 1.61. The summed E-state index contributed by atoms with van der Waals surface area (Å²) in [5.74, 6) is -0.547. The number of ether oxygens (including phenoxy) is 1. The first kappa shape index (κ1) is 14.0. The molecule has 0 bridgehead atoms. The van der Waals surface area contributed by atoms with Crippen LogP contribution in [0.3, 0.4) is 0 Å². The quantitative estimate of drug-likeness (QED) is 0.898. The Hall–Kier alpha value is -2.57. The van der Waals surface area contributed by atoms with E-state index in [4.69, 9.17) is 10.5 Å².